The maximum Gasteiger partial charge on any atom is 0.472 e. The van der Waals surface area contributed by atoms with Crippen LogP contribution in [0.15, 0.2) is 24.3 Å². The van der Waals surface area contributed by atoms with Crippen molar-refractivity contribution in [2.75, 3.05) is 39.6 Å². The molecule has 0 saturated heterocycles. The van der Waals surface area contributed by atoms with Gasteiger partial charge in [0.05, 0.1) is 26.4 Å². The number of hydrogen-bond acceptors (Lipinski definition) is 15. The summed E-state index contributed by atoms with van der Waals surface area (Å²) in [4.78, 5) is 72.7. The Bertz CT molecular complexity index is 1880. The van der Waals surface area contributed by atoms with Gasteiger partial charge in [0.25, 0.3) is 0 Å². The topological polar surface area (TPSA) is 237 Å². The molecule has 0 fully saturated rings. The quantitative estimate of drug-likeness (QED) is 0.0169. The van der Waals surface area contributed by atoms with E-state index < -0.39 is 97.5 Å². The lowest BCUT2D eigenvalue weighted by atomic mass is 9.99. The van der Waals surface area contributed by atoms with Crippen molar-refractivity contribution in [1.82, 2.24) is 0 Å². The minimum Gasteiger partial charge on any atom is -0.462 e. The Morgan fingerprint density at radius 3 is 0.914 bits per heavy atom. The second-order valence-electron chi connectivity index (χ2n) is 26.2. The summed E-state index contributed by atoms with van der Waals surface area (Å²) in [6.45, 7) is 7.24. The van der Waals surface area contributed by atoms with Crippen molar-refractivity contribution >= 4 is 39.5 Å². The molecule has 93 heavy (non-hydrogen) atoms. The minimum atomic E-state index is -4.96. The fourth-order valence-electron chi connectivity index (χ4n) is 10.8. The maximum atomic E-state index is 13.1. The second kappa shape index (κ2) is 66.8. The van der Waals surface area contributed by atoms with Crippen LogP contribution in [0, 0.1) is 5.92 Å². The highest BCUT2D eigenvalue weighted by atomic mass is 31.2. The van der Waals surface area contributed by atoms with Crippen LogP contribution in [0.5, 0.6) is 0 Å². The number of allylic oxidation sites excluding steroid dienone is 4. The number of carbonyl (C=O) groups excluding carboxylic acids is 4. The van der Waals surface area contributed by atoms with Gasteiger partial charge in [-0.05, 0) is 57.3 Å². The Labute approximate surface area is 567 Å². The average molecular weight is 1360 g/mol. The van der Waals surface area contributed by atoms with Gasteiger partial charge in [0, 0.05) is 25.7 Å². The molecule has 0 heterocycles. The highest BCUT2D eigenvalue weighted by Gasteiger charge is 2.30. The standard InChI is InChI=1S/C74H140O17P2/c1-6-10-13-16-19-22-25-27-28-30-33-40-45-50-55-60-74(79)91-70(64-85-72(77)58-53-48-43-38-35-34-36-41-46-51-56-67(5)9-4)66-89-93(82,83)87-62-68(75)61-86-92(80,81)88-65-69(63-84-71(76)57-52-47-42-37-31-24-21-18-15-12-8-3)90-73(78)59-54-49-44-39-32-29-26-23-20-17-14-11-7-2/h22,25,27-28,67-70,75H,6-21,23-24,26,29-66H2,1-5H3,(H,80,81)(H,82,83)/b25-22-,28-27-/t67?,68-,69+,70+/m0/s1. The van der Waals surface area contributed by atoms with E-state index in [4.69, 9.17) is 37.0 Å². The molecule has 0 aromatic carbocycles. The highest BCUT2D eigenvalue weighted by Crippen LogP contribution is 2.45. The van der Waals surface area contributed by atoms with E-state index in [0.717, 1.165) is 109 Å². The fourth-order valence-corrected chi connectivity index (χ4v) is 12.4. The third kappa shape index (κ3) is 66.6. The van der Waals surface area contributed by atoms with E-state index in [2.05, 4.69) is 58.9 Å². The molecular formula is C74H140O17P2. The van der Waals surface area contributed by atoms with E-state index >= 15 is 0 Å². The Hall–Kier alpha value is -2.46. The van der Waals surface area contributed by atoms with E-state index in [1.807, 2.05) is 0 Å². The summed E-state index contributed by atoms with van der Waals surface area (Å²) >= 11 is 0. The number of rotatable bonds is 72. The van der Waals surface area contributed by atoms with Crippen molar-refractivity contribution in [3.63, 3.8) is 0 Å². The largest absolute Gasteiger partial charge is 0.472 e. The van der Waals surface area contributed by atoms with Crippen LogP contribution in [-0.2, 0) is 65.4 Å². The van der Waals surface area contributed by atoms with Crippen LogP contribution in [0.3, 0.4) is 0 Å². The summed E-state index contributed by atoms with van der Waals surface area (Å²) in [5.41, 5.74) is 0. The molecule has 0 spiro atoms. The number of aliphatic hydroxyl groups is 1. The number of carbonyl (C=O) groups is 4. The van der Waals surface area contributed by atoms with Crippen molar-refractivity contribution in [1.29, 1.82) is 0 Å². The Balaban J connectivity index is 5.30. The molecule has 0 rings (SSSR count). The van der Waals surface area contributed by atoms with Crippen molar-refractivity contribution in [2.45, 2.75) is 380 Å². The molecule has 19 heteroatoms. The predicted molar refractivity (Wildman–Crippen MR) is 377 cm³/mol. The Kier molecular flexibility index (Phi) is 65.0. The average Bonchev–Trinajstić information content (AvgIpc) is 2.54. The number of ether oxygens (including phenoxy) is 4. The van der Waals surface area contributed by atoms with Gasteiger partial charge in [-0.15, -0.1) is 0 Å². The molecule has 0 bridgehead atoms. The number of aliphatic hydroxyl groups excluding tert-OH is 1. The first kappa shape index (κ1) is 90.5. The van der Waals surface area contributed by atoms with Crippen LogP contribution in [0.2, 0.25) is 0 Å². The number of hydrogen-bond donors (Lipinski definition) is 3. The SMILES string of the molecule is CCCCCC/C=C\C=C/CCCCCCCC(=O)O[C@H](COC(=O)CCCCCCCCCCCCC(C)CC)COP(=O)(O)OC[C@@H](O)COP(=O)(O)OC[C@@H](COC(=O)CCCCCCCCCCCCC)OC(=O)CCCCCCCCCCCCCCC. The first-order valence-electron chi connectivity index (χ1n) is 38.0. The number of phosphoric ester groups is 2. The summed E-state index contributed by atoms with van der Waals surface area (Å²) in [6.07, 6.45) is 57.4. The molecule has 0 saturated carbocycles. The van der Waals surface area contributed by atoms with Crippen molar-refractivity contribution in [3.05, 3.63) is 24.3 Å². The zero-order chi connectivity index (χ0) is 68.4. The van der Waals surface area contributed by atoms with E-state index in [9.17, 15) is 43.2 Å². The van der Waals surface area contributed by atoms with Crippen LogP contribution in [0.1, 0.15) is 362 Å². The summed E-state index contributed by atoms with van der Waals surface area (Å²) in [5.74, 6) is -1.34. The molecule has 3 unspecified atom stereocenters. The van der Waals surface area contributed by atoms with Gasteiger partial charge < -0.3 is 33.8 Å². The van der Waals surface area contributed by atoms with Gasteiger partial charge in [-0.2, -0.15) is 0 Å². The van der Waals surface area contributed by atoms with Crippen molar-refractivity contribution in [2.24, 2.45) is 5.92 Å². The first-order chi connectivity index (χ1) is 45.1. The first-order valence-corrected chi connectivity index (χ1v) is 41.0. The summed E-state index contributed by atoms with van der Waals surface area (Å²) < 4.78 is 68.4. The zero-order valence-corrected chi connectivity index (χ0v) is 61.7. The lowest BCUT2D eigenvalue weighted by molar-refractivity contribution is -0.161. The van der Waals surface area contributed by atoms with Crippen LogP contribution >= 0.6 is 15.6 Å². The minimum absolute atomic E-state index is 0.0852. The smallest absolute Gasteiger partial charge is 0.462 e. The van der Waals surface area contributed by atoms with E-state index in [0.29, 0.717) is 25.7 Å². The van der Waals surface area contributed by atoms with Crippen molar-refractivity contribution < 1.29 is 80.2 Å². The molecule has 6 atom stereocenters. The summed E-state index contributed by atoms with van der Waals surface area (Å²) in [6, 6.07) is 0. The van der Waals surface area contributed by atoms with Crippen molar-refractivity contribution in [3.8, 4) is 0 Å². The Morgan fingerprint density at radius 1 is 0.344 bits per heavy atom. The molecule has 0 amide bonds. The molecule has 548 valence electrons. The van der Waals surface area contributed by atoms with Gasteiger partial charge in [0.1, 0.15) is 19.3 Å². The summed E-state index contributed by atoms with van der Waals surface area (Å²) in [7, 11) is -9.92. The Morgan fingerprint density at radius 2 is 0.602 bits per heavy atom. The van der Waals surface area contributed by atoms with Crippen LogP contribution in [-0.4, -0.2) is 96.7 Å². The van der Waals surface area contributed by atoms with Crippen LogP contribution in [0.4, 0.5) is 0 Å². The van der Waals surface area contributed by atoms with Crippen LogP contribution in [0.25, 0.3) is 0 Å². The van der Waals surface area contributed by atoms with E-state index in [-0.39, 0.29) is 25.7 Å². The van der Waals surface area contributed by atoms with E-state index in [1.54, 1.807) is 0 Å². The number of esters is 4. The zero-order valence-electron chi connectivity index (χ0n) is 59.9. The molecule has 0 aliphatic carbocycles. The lowest BCUT2D eigenvalue weighted by Crippen LogP contribution is -2.30. The third-order valence-electron chi connectivity index (χ3n) is 17.0. The van der Waals surface area contributed by atoms with Gasteiger partial charge >= 0.3 is 39.5 Å². The molecule has 0 aliphatic heterocycles. The molecule has 0 aromatic rings. The molecule has 0 aromatic heterocycles. The molecule has 3 N–H and O–H groups in total. The molecule has 0 radical (unpaired) electrons. The van der Waals surface area contributed by atoms with Gasteiger partial charge in [-0.1, -0.05) is 309 Å². The lowest BCUT2D eigenvalue weighted by Gasteiger charge is -2.21. The number of unbranched alkanes of at least 4 members (excludes halogenated alkanes) is 40. The predicted octanol–water partition coefficient (Wildman–Crippen LogP) is 21.2. The van der Waals surface area contributed by atoms with E-state index in [1.165, 1.54) is 173 Å². The fraction of sp³-hybridized carbons (Fsp3) is 0.892. The molecule has 0 aliphatic rings. The van der Waals surface area contributed by atoms with Gasteiger partial charge in [-0.3, -0.25) is 37.3 Å². The normalized spacial score (nSPS) is 14.5. The van der Waals surface area contributed by atoms with Gasteiger partial charge in [0.15, 0.2) is 12.2 Å². The third-order valence-corrected chi connectivity index (χ3v) is 18.9. The monoisotopic (exact) mass is 1360 g/mol. The number of phosphoric acid groups is 2. The molecular weight excluding hydrogens is 1220 g/mol. The van der Waals surface area contributed by atoms with Crippen LogP contribution < -0.4 is 0 Å². The van der Waals surface area contributed by atoms with Gasteiger partial charge in [0.2, 0.25) is 0 Å². The maximum absolute atomic E-state index is 13.1. The van der Waals surface area contributed by atoms with Gasteiger partial charge in [-0.25, -0.2) is 9.13 Å². The highest BCUT2D eigenvalue weighted by molar-refractivity contribution is 7.47. The second-order valence-corrected chi connectivity index (χ2v) is 29.1. The summed E-state index contributed by atoms with van der Waals surface area (Å²) in [5, 5.41) is 10.6. The molecule has 17 nitrogen and oxygen atoms in total.